The van der Waals surface area contributed by atoms with Gasteiger partial charge in [-0.1, -0.05) is 12.1 Å². The summed E-state index contributed by atoms with van der Waals surface area (Å²) in [5.74, 6) is -0.434. The van der Waals surface area contributed by atoms with E-state index in [0.717, 1.165) is 21.3 Å². The third-order valence-corrected chi connectivity index (χ3v) is 5.33. The summed E-state index contributed by atoms with van der Waals surface area (Å²) in [6.07, 6.45) is 1.77. The summed E-state index contributed by atoms with van der Waals surface area (Å²) in [7, 11) is 0. The van der Waals surface area contributed by atoms with Gasteiger partial charge in [0.15, 0.2) is 0 Å². The molecule has 0 saturated carbocycles. The summed E-state index contributed by atoms with van der Waals surface area (Å²) >= 11 is 1.62. The molecule has 4 rings (SSSR count). The molecular weight excluding hydrogens is 335 g/mol. The van der Waals surface area contributed by atoms with Gasteiger partial charge in [0.25, 0.3) is 5.56 Å². The van der Waals surface area contributed by atoms with Crippen LogP contribution in [0.2, 0.25) is 0 Å². The highest BCUT2D eigenvalue weighted by Gasteiger charge is 2.15. The van der Waals surface area contributed by atoms with Crippen molar-refractivity contribution in [1.29, 1.82) is 0 Å². The van der Waals surface area contributed by atoms with Crippen LogP contribution in [0.4, 0.5) is 4.39 Å². The number of hydrogen-bond acceptors (Lipinski definition) is 3. The van der Waals surface area contributed by atoms with Gasteiger partial charge < -0.3 is 4.98 Å². The van der Waals surface area contributed by atoms with Gasteiger partial charge in [0, 0.05) is 28.6 Å². The predicted molar refractivity (Wildman–Crippen MR) is 101 cm³/mol. The minimum Gasteiger partial charge on any atom is -0.326 e. The number of halogens is 1. The summed E-state index contributed by atoms with van der Waals surface area (Å²) in [6.45, 7) is 3.82. The van der Waals surface area contributed by atoms with Gasteiger partial charge in [0.2, 0.25) is 0 Å². The summed E-state index contributed by atoms with van der Waals surface area (Å²) in [5, 5.41) is 3.14. The lowest BCUT2D eigenvalue weighted by Crippen LogP contribution is -2.10. The van der Waals surface area contributed by atoms with Crippen LogP contribution in [-0.4, -0.2) is 9.97 Å². The third kappa shape index (κ3) is 2.66. The molecule has 0 bridgehead atoms. The number of H-pyrrole nitrogens is 1. The second-order valence-electron chi connectivity index (χ2n) is 6.04. The molecule has 0 aliphatic carbocycles. The molecule has 0 spiro atoms. The van der Waals surface area contributed by atoms with Gasteiger partial charge in [0.05, 0.1) is 10.4 Å². The van der Waals surface area contributed by atoms with Crippen LogP contribution in [0.1, 0.15) is 11.3 Å². The highest BCUT2D eigenvalue weighted by Crippen LogP contribution is 2.32. The van der Waals surface area contributed by atoms with E-state index < -0.39 is 5.82 Å². The first-order valence-corrected chi connectivity index (χ1v) is 8.75. The van der Waals surface area contributed by atoms with Gasteiger partial charge in [-0.25, -0.2) is 4.39 Å². The maximum Gasteiger partial charge on any atom is 0.256 e. The number of hydrogen-bond donors (Lipinski definition) is 1. The Morgan fingerprint density at radius 1 is 1.08 bits per heavy atom. The fourth-order valence-electron chi connectivity index (χ4n) is 2.93. The highest BCUT2D eigenvalue weighted by atomic mass is 32.1. The molecule has 3 heterocycles. The predicted octanol–water partition coefficient (Wildman–Crippen LogP) is 5.07. The fraction of sp³-hybridized carbons (Fsp3) is 0.100. The Morgan fingerprint density at radius 3 is 2.68 bits per heavy atom. The fourth-order valence-corrected chi connectivity index (χ4v) is 3.82. The Bertz CT molecular complexity index is 1160. The number of nitrogens with one attached hydrogen (secondary N) is 1. The molecule has 124 valence electrons. The molecule has 0 amide bonds. The number of benzene rings is 1. The largest absolute Gasteiger partial charge is 0.326 e. The van der Waals surface area contributed by atoms with Gasteiger partial charge in [-0.3, -0.25) is 9.78 Å². The van der Waals surface area contributed by atoms with Gasteiger partial charge in [-0.15, -0.1) is 11.3 Å². The van der Waals surface area contributed by atoms with E-state index in [0.29, 0.717) is 16.8 Å². The van der Waals surface area contributed by atoms with E-state index in [1.807, 2.05) is 13.0 Å². The van der Waals surface area contributed by atoms with Crippen molar-refractivity contribution in [3.63, 3.8) is 0 Å². The summed E-state index contributed by atoms with van der Waals surface area (Å²) in [4.78, 5) is 19.3. The van der Waals surface area contributed by atoms with Crippen molar-refractivity contribution in [2.45, 2.75) is 13.8 Å². The molecule has 3 nitrogen and oxygen atoms in total. The van der Waals surface area contributed by atoms with Crippen molar-refractivity contribution in [3.05, 3.63) is 75.4 Å². The lowest BCUT2D eigenvalue weighted by Gasteiger charge is -2.08. The lowest BCUT2D eigenvalue weighted by atomic mass is 10.0. The van der Waals surface area contributed by atoms with Gasteiger partial charge in [-0.05, 0) is 54.4 Å². The van der Waals surface area contributed by atoms with Crippen LogP contribution in [0, 0.1) is 19.7 Å². The Kier molecular flexibility index (Phi) is 3.73. The van der Waals surface area contributed by atoms with Crippen LogP contribution in [0.3, 0.4) is 0 Å². The van der Waals surface area contributed by atoms with Crippen molar-refractivity contribution < 1.29 is 4.39 Å². The van der Waals surface area contributed by atoms with Crippen molar-refractivity contribution in [1.82, 2.24) is 9.97 Å². The van der Waals surface area contributed by atoms with Crippen molar-refractivity contribution in [2.75, 3.05) is 0 Å². The van der Waals surface area contributed by atoms with Crippen LogP contribution in [-0.2, 0) is 0 Å². The molecule has 0 aliphatic heterocycles. The quantitative estimate of drug-likeness (QED) is 0.548. The van der Waals surface area contributed by atoms with Crippen molar-refractivity contribution in [3.8, 4) is 22.4 Å². The molecule has 3 aromatic heterocycles. The minimum atomic E-state index is -0.434. The molecule has 0 saturated heterocycles. The van der Waals surface area contributed by atoms with Crippen LogP contribution in [0.15, 0.2) is 52.8 Å². The van der Waals surface area contributed by atoms with Gasteiger partial charge in [0.1, 0.15) is 5.82 Å². The van der Waals surface area contributed by atoms with Crippen molar-refractivity contribution in [2.24, 2.45) is 0 Å². The normalized spacial score (nSPS) is 11.2. The average Bonchev–Trinajstić information content (AvgIpc) is 2.96. The third-order valence-electron chi connectivity index (χ3n) is 4.28. The Labute approximate surface area is 147 Å². The summed E-state index contributed by atoms with van der Waals surface area (Å²) in [6, 6.07) is 10.4. The van der Waals surface area contributed by atoms with Crippen LogP contribution in [0.5, 0.6) is 0 Å². The number of fused-ring (bicyclic) bond motifs is 1. The monoisotopic (exact) mass is 350 g/mol. The molecule has 1 aromatic carbocycles. The second-order valence-corrected chi connectivity index (χ2v) is 6.95. The summed E-state index contributed by atoms with van der Waals surface area (Å²) < 4.78 is 16.2. The number of nitrogens with zero attached hydrogens (tertiary/aromatic N) is 1. The van der Waals surface area contributed by atoms with E-state index in [-0.39, 0.29) is 11.1 Å². The zero-order valence-electron chi connectivity index (χ0n) is 13.8. The smallest absolute Gasteiger partial charge is 0.256 e. The van der Waals surface area contributed by atoms with Gasteiger partial charge >= 0.3 is 0 Å². The number of aryl methyl sites for hydroxylation is 2. The molecule has 5 heteroatoms. The Hall–Kier alpha value is -2.79. The van der Waals surface area contributed by atoms with E-state index in [1.54, 1.807) is 54.8 Å². The van der Waals surface area contributed by atoms with Crippen molar-refractivity contribution >= 4 is 21.4 Å². The second kappa shape index (κ2) is 5.93. The van der Waals surface area contributed by atoms with Crippen LogP contribution >= 0.6 is 11.3 Å². The number of aromatic amines is 1. The topological polar surface area (TPSA) is 45.8 Å². The molecular formula is C20H15FN2OS. The maximum atomic E-state index is 15.2. The number of rotatable bonds is 2. The van der Waals surface area contributed by atoms with E-state index >= 15 is 4.39 Å². The minimum absolute atomic E-state index is 0.280. The molecule has 0 aliphatic rings. The highest BCUT2D eigenvalue weighted by molar-refractivity contribution is 7.17. The Morgan fingerprint density at radius 2 is 1.88 bits per heavy atom. The number of pyridine rings is 2. The molecule has 0 atom stereocenters. The standard InChI is InChI=1S/C20H15FN2OS/c1-11-10-25-18-9-22-17(8-16(11)18)15-5-3-4-13(19(15)21)14-7-6-12(2)23-20(14)24/h3-10H,1-2H3,(H,23,24). The van der Waals surface area contributed by atoms with E-state index in [9.17, 15) is 4.79 Å². The van der Waals surface area contributed by atoms with E-state index in [1.165, 1.54) is 0 Å². The first-order valence-electron chi connectivity index (χ1n) is 7.87. The first kappa shape index (κ1) is 15.7. The molecule has 0 radical (unpaired) electrons. The SMILES string of the molecule is Cc1ccc(-c2cccc(-c3cc4c(C)csc4cn3)c2F)c(=O)[nH]1. The van der Waals surface area contributed by atoms with Crippen LogP contribution < -0.4 is 5.56 Å². The molecule has 0 fully saturated rings. The average molecular weight is 350 g/mol. The lowest BCUT2D eigenvalue weighted by molar-refractivity contribution is 0.634. The van der Waals surface area contributed by atoms with E-state index in [2.05, 4.69) is 15.3 Å². The van der Waals surface area contributed by atoms with E-state index in [4.69, 9.17) is 0 Å². The Balaban J connectivity index is 1.91. The number of aromatic nitrogens is 2. The molecule has 1 N–H and O–H groups in total. The molecule has 0 unspecified atom stereocenters. The zero-order chi connectivity index (χ0) is 17.6. The van der Waals surface area contributed by atoms with Gasteiger partial charge in [-0.2, -0.15) is 0 Å². The molecule has 25 heavy (non-hydrogen) atoms. The number of thiophene rings is 1. The zero-order valence-corrected chi connectivity index (χ0v) is 14.6. The first-order chi connectivity index (χ1) is 12.0. The van der Waals surface area contributed by atoms with Crippen LogP contribution in [0.25, 0.3) is 32.5 Å². The molecule has 4 aromatic rings. The summed E-state index contributed by atoms with van der Waals surface area (Å²) in [5.41, 5.74) is 3.15. The maximum absolute atomic E-state index is 15.2.